The van der Waals surface area contributed by atoms with E-state index in [0.717, 1.165) is 31.7 Å². The molecule has 5 nitrogen and oxygen atoms in total. The molecule has 1 aromatic carbocycles. The van der Waals surface area contributed by atoms with Crippen molar-refractivity contribution in [3.05, 3.63) is 48.2 Å². The zero-order valence-electron chi connectivity index (χ0n) is 13.1. The van der Waals surface area contributed by atoms with Crippen LogP contribution in [0.5, 0.6) is 5.75 Å². The maximum absolute atomic E-state index is 12.4. The Labute approximate surface area is 135 Å². The molecule has 5 heteroatoms. The summed E-state index contributed by atoms with van der Waals surface area (Å²) in [4.78, 5) is 18.5. The van der Waals surface area contributed by atoms with Crippen molar-refractivity contribution in [2.45, 2.75) is 25.9 Å². The van der Waals surface area contributed by atoms with Gasteiger partial charge in [0, 0.05) is 20.0 Å². The van der Waals surface area contributed by atoms with Crippen LogP contribution in [0.4, 0.5) is 0 Å². The van der Waals surface area contributed by atoms with Gasteiger partial charge in [-0.1, -0.05) is 18.2 Å². The summed E-state index contributed by atoms with van der Waals surface area (Å²) in [5.74, 6) is 2.51. The van der Waals surface area contributed by atoms with Gasteiger partial charge in [-0.25, -0.2) is 4.98 Å². The highest BCUT2D eigenvalue weighted by molar-refractivity contribution is 5.92. The zero-order chi connectivity index (χ0) is 15.8. The van der Waals surface area contributed by atoms with E-state index in [4.69, 9.17) is 9.15 Å². The van der Waals surface area contributed by atoms with Gasteiger partial charge in [0.1, 0.15) is 12.0 Å². The topological polar surface area (TPSA) is 55.6 Å². The fourth-order valence-corrected chi connectivity index (χ4v) is 3.82. The highest BCUT2D eigenvalue weighted by atomic mass is 16.5. The van der Waals surface area contributed by atoms with Crippen LogP contribution >= 0.6 is 0 Å². The molecule has 1 amide bonds. The molecule has 1 saturated heterocycles. The number of carbonyl (C=O) groups excluding carboxylic acids is 1. The van der Waals surface area contributed by atoms with Crippen molar-refractivity contribution in [1.82, 2.24) is 9.88 Å². The first-order valence-corrected chi connectivity index (χ1v) is 8.12. The van der Waals surface area contributed by atoms with Crippen molar-refractivity contribution in [3.8, 4) is 5.75 Å². The third-order valence-electron chi connectivity index (χ3n) is 4.88. The number of fused-ring (bicyclic) bond motifs is 1. The molecule has 3 atom stereocenters. The van der Waals surface area contributed by atoms with Crippen LogP contribution in [0.15, 0.2) is 41.0 Å². The fraction of sp³-hybridized carbons (Fsp3) is 0.444. The summed E-state index contributed by atoms with van der Waals surface area (Å²) in [6.07, 6.45) is 3.74. The van der Waals surface area contributed by atoms with Gasteiger partial charge in [0.05, 0.1) is 6.10 Å². The molecule has 1 aromatic heterocycles. The number of amides is 1. The molecule has 0 N–H and O–H groups in total. The minimum Gasteiger partial charge on any atom is -0.490 e. The Morgan fingerprint density at radius 1 is 1.22 bits per heavy atom. The van der Waals surface area contributed by atoms with Gasteiger partial charge in [-0.2, -0.15) is 0 Å². The van der Waals surface area contributed by atoms with Crippen LogP contribution in [0.3, 0.4) is 0 Å². The Morgan fingerprint density at radius 2 is 1.91 bits per heavy atom. The average Bonchev–Trinajstić information content (AvgIpc) is 3.22. The molecule has 23 heavy (non-hydrogen) atoms. The Hall–Kier alpha value is -2.30. The van der Waals surface area contributed by atoms with Gasteiger partial charge >= 0.3 is 0 Å². The van der Waals surface area contributed by atoms with Gasteiger partial charge in [-0.05, 0) is 36.8 Å². The first-order valence-electron chi connectivity index (χ1n) is 8.12. The van der Waals surface area contributed by atoms with Gasteiger partial charge in [0.25, 0.3) is 5.91 Å². The molecule has 2 heterocycles. The standard InChI is InChI=1S/C18H20N2O3/c1-12-19-17(11-22-12)18(21)20-9-13-7-16(8-14(13)10-20)23-15-5-3-2-4-6-15/h2-6,11,13-14,16H,7-10H2,1H3/t13-,14+,16?. The van der Waals surface area contributed by atoms with E-state index in [0.29, 0.717) is 23.4 Å². The Kier molecular flexibility index (Phi) is 3.56. The number of benzene rings is 1. The predicted molar refractivity (Wildman–Crippen MR) is 84.2 cm³/mol. The van der Waals surface area contributed by atoms with E-state index in [2.05, 4.69) is 4.98 Å². The number of carbonyl (C=O) groups is 1. The number of nitrogens with zero attached hydrogens (tertiary/aromatic N) is 2. The summed E-state index contributed by atoms with van der Waals surface area (Å²) in [5.41, 5.74) is 0.416. The normalized spacial score (nSPS) is 26.3. The maximum Gasteiger partial charge on any atom is 0.275 e. The molecule has 2 fully saturated rings. The van der Waals surface area contributed by atoms with E-state index >= 15 is 0 Å². The second kappa shape index (κ2) is 5.72. The molecular formula is C18H20N2O3. The number of oxazole rings is 1. The van der Waals surface area contributed by atoms with Crippen molar-refractivity contribution < 1.29 is 13.9 Å². The molecule has 2 aromatic rings. The summed E-state index contributed by atoms with van der Waals surface area (Å²) in [6.45, 7) is 3.34. The molecule has 0 spiro atoms. The third kappa shape index (κ3) is 2.83. The van der Waals surface area contributed by atoms with Crippen LogP contribution in [0.1, 0.15) is 29.2 Å². The lowest BCUT2D eigenvalue weighted by Crippen LogP contribution is -2.31. The van der Waals surface area contributed by atoms with Crippen molar-refractivity contribution in [3.63, 3.8) is 0 Å². The van der Waals surface area contributed by atoms with Crippen LogP contribution in [0.25, 0.3) is 0 Å². The molecule has 120 valence electrons. The fourth-order valence-electron chi connectivity index (χ4n) is 3.82. The summed E-state index contributed by atoms with van der Waals surface area (Å²) < 4.78 is 11.2. The molecule has 1 aliphatic heterocycles. The number of aromatic nitrogens is 1. The average molecular weight is 312 g/mol. The molecule has 0 radical (unpaired) electrons. The molecule has 1 unspecified atom stereocenters. The first kappa shape index (κ1) is 14.3. The second-order valence-corrected chi connectivity index (χ2v) is 6.51. The number of ether oxygens (including phenoxy) is 1. The number of aryl methyl sites for hydroxylation is 1. The van der Waals surface area contributed by atoms with Crippen molar-refractivity contribution in [2.75, 3.05) is 13.1 Å². The van der Waals surface area contributed by atoms with Gasteiger partial charge in [-0.15, -0.1) is 0 Å². The Bertz CT molecular complexity index is 683. The summed E-state index contributed by atoms with van der Waals surface area (Å²) in [5, 5.41) is 0. The van der Waals surface area contributed by atoms with Gasteiger partial charge in [0.15, 0.2) is 11.6 Å². The van der Waals surface area contributed by atoms with E-state index in [1.165, 1.54) is 6.26 Å². The third-order valence-corrected chi connectivity index (χ3v) is 4.88. The molecule has 2 aliphatic rings. The highest BCUT2D eigenvalue weighted by Gasteiger charge is 2.43. The first-order chi connectivity index (χ1) is 11.2. The number of hydrogen-bond acceptors (Lipinski definition) is 4. The van der Waals surface area contributed by atoms with Gasteiger partial charge < -0.3 is 14.1 Å². The molecule has 0 bridgehead atoms. The number of likely N-dealkylation sites (tertiary alicyclic amines) is 1. The minimum absolute atomic E-state index is 0.0169. The Balaban J connectivity index is 1.36. The predicted octanol–water partition coefficient (Wildman–Crippen LogP) is 2.91. The van der Waals surface area contributed by atoms with Crippen LogP contribution in [0.2, 0.25) is 0 Å². The van der Waals surface area contributed by atoms with Crippen LogP contribution < -0.4 is 4.74 Å². The lowest BCUT2D eigenvalue weighted by Gasteiger charge is -2.19. The zero-order valence-corrected chi connectivity index (χ0v) is 13.1. The van der Waals surface area contributed by atoms with E-state index < -0.39 is 0 Å². The van der Waals surface area contributed by atoms with Crippen LogP contribution in [-0.2, 0) is 0 Å². The van der Waals surface area contributed by atoms with Crippen molar-refractivity contribution >= 4 is 5.91 Å². The molecule has 4 rings (SSSR count). The number of hydrogen-bond donors (Lipinski definition) is 0. The lowest BCUT2D eigenvalue weighted by atomic mass is 10.0. The SMILES string of the molecule is Cc1nc(C(=O)N2C[C@H]3CC(Oc4ccccc4)C[C@H]3C2)co1. The highest BCUT2D eigenvalue weighted by Crippen LogP contribution is 2.40. The largest absolute Gasteiger partial charge is 0.490 e. The Morgan fingerprint density at radius 3 is 2.52 bits per heavy atom. The van der Waals surface area contributed by atoms with Gasteiger partial charge in [0.2, 0.25) is 0 Å². The molecular weight excluding hydrogens is 292 g/mol. The van der Waals surface area contributed by atoms with Crippen molar-refractivity contribution in [2.24, 2.45) is 11.8 Å². The summed E-state index contributed by atoms with van der Waals surface area (Å²) in [7, 11) is 0. The van der Waals surface area contributed by atoms with E-state index in [1.54, 1.807) is 6.92 Å². The summed E-state index contributed by atoms with van der Waals surface area (Å²) >= 11 is 0. The van der Waals surface area contributed by atoms with Crippen molar-refractivity contribution in [1.29, 1.82) is 0 Å². The smallest absolute Gasteiger partial charge is 0.275 e. The monoisotopic (exact) mass is 312 g/mol. The molecule has 1 saturated carbocycles. The van der Waals surface area contributed by atoms with Gasteiger partial charge in [-0.3, -0.25) is 4.79 Å². The van der Waals surface area contributed by atoms with Crippen LogP contribution in [-0.4, -0.2) is 35.0 Å². The second-order valence-electron chi connectivity index (χ2n) is 6.51. The minimum atomic E-state index is -0.0169. The quantitative estimate of drug-likeness (QED) is 0.874. The van der Waals surface area contributed by atoms with Crippen LogP contribution in [0, 0.1) is 18.8 Å². The van der Waals surface area contributed by atoms with E-state index in [-0.39, 0.29) is 12.0 Å². The summed E-state index contributed by atoms with van der Waals surface area (Å²) in [6, 6.07) is 9.97. The lowest BCUT2D eigenvalue weighted by molar-refractivity contribution is 0.0764. The van der Waals surface area contributed by atoms with E-state index in [1.807, 2.05) is 35.2 Å². The van der Waals surface area contributed by atoms with E-state index in [9.17, 15) is 4.79 Å². The molecule has 1 aliphatic carbocycles. The number of rotatable bonds is 3. The maximum atomic E-state index is 12.4. The number of para-hydroxylation sites is 1.